The molecule has 0 spiro atoms. The normalized spacial score (nSPS) is 15.6. The zero-order valence-corrected chi connectivity index (χ0v) is 20.0. The first-order valence-corrected chi connectivity index (χ1v) is 11.4. The number of halogens is 6. The SMILES string of the molecule is C[C@@H](CN1CCC(n2c(=O)[nH]c3c(F)cccc32)CC1)NC(=O)c1ccc(F)c(F)c1.O=C(O)C(F)(F)F. The minimum Gasteiger partial charge on any atom is -0.475 e. The third-order valence-corrected chi connectivity index (χ3v) is 5.96. The minimum atomic E-state index is -5.08. The summed E-state index contributed by atoms with van der Waals surface area (Å²) < 4.78 is 73.7. The number of aliphatic carboxylic acids is 1. The summed E-state index contributed by atoms with van der Waals surface area (Å²) >= 11 is 0. The quantitative estimate of drug-likeness (QED) is 0.422. The van der Waals surface area contributed by atoms with Gasteiger partial charge in [-0.15, -0.1) is 0 Å². The molecule has 206 valence electrons. The molecular formula is C24H24F6N4O4. The van der Waals surface area contributed by atoms with Gasteiger partial charge in [-0.3, -0.25) is 9.36 Å². The van der Waals surface area contributed by atoms with E-state index in [-0.39, 0.29) is 28.9 Å². The first kappa shape index (κ1) is 28.8. The molecule has 8 nitrogen and oxygen atoms in total. The number of amides is 1. The van der Waals surface area contributed by atoms with Gasteiger partial charge in [0.05, 0.1) is 5.52 Å². The summed E-state index contributed by atoms with van der Waals surface area (Å²) in [6.07, 6.45) is -3.65. The number of aromatic amines is 1. The number of nitrogens with zero attached hydrogens (tertiary/aromatic N) is 2. The van der Waals surface area contributed by atoms with Gasteiger partial charge in [-0.05, 0) is 50.1 Å². The highest BCUT2D eigenvalue weighted by molar-refractivity contribution is 5.94. The fourth-order valence-electron chi connectivity index (χ4n) is 4.21. The lowest BCUT2D eigenvalue weighted by molar-refractivity contribution is -0.192. The van der Waals surface area contributed by atoms with E-state index in [1.807, 2.05) is 6.92 Å². The van der Waals surface area contributed by atoms with Crippen LogP contribution < -0.4 is 11.0 Å². The summed E-state index contributed by atoms with van der Waals surface area (Å²) in [5.74, 6) is -5.73. The second-order valence-electron chi connectivity index (χ2n) is 8.77. The van der Waals surface area contributed by atoms with Gasteiger partial charge in [0, 0.05) is 37.3 Å². The molecule has 1 aromatic heterocycles. The number of para-hydroxylation sites is 1. The molecule has 0 bridgehead atoms. The van der Waals surface area contributed by atoms with Crippen molar-refractivity contribution in [2.24, 2.45) is 0 Å². The fraction of sp³-hybridized carbons (Fsp3) is 0.375. The minimum absolute atomic E-state index is 0.0358. The van der Waals surface area contributed by atoms with Crippen molar-refractivity contribution in [3.05, 3.63) is 69.9 Å². The summed E-state index contributed by atoms with van der Waals surface area (Å²) in [6.45, 7) is 3.85. The van der Waals surface area contributed by atoms with E-state index in [4.69, 9.17) is 9.90 Å². The molecule has 14 heteroatoms. The number of carboxylic acids is 1. The fourth-order valence-corrected chi connectivity index (χ4v) is 4.21. The maximum Gasteiger partial charge on any atom is 0.490 e. The van der Waals surface area contributed by atoms with Gasteiger partial charge >= 0.3 is 17.8 Å². The van der Waals surface area contributed by atoms with Crippen molar-refractivity contribution in [3.63, 3.8) is 0 Å². The van der Waals surface area contributed by atoms with Gasteiger partial charge in [-0.1, -0.05) is 6.07 Å². The monoisotopic (exact) mass is 546 g/mol. The third kappa shape index (κ3) is 6.94. The number of rotatable bonds is 5. The second-order valence-corrected chi connectivity index (χ2v) is 8.77. The number of imidazole rings is 1. The number of H-pyrrole nitrogens is 1. The molecule has 0 radical (unpaired) electrons. The molecule has 4 rings (SSSR count). The lowest BCUT2D eigenvalue weighted by atomic mass is 10.0. The zero-order chi connectivity index (χ0) is 28.2. The van der Waals surface area contributed by atoms with Crippen molar-refractivity contribution in [2.75, 3.05) is 19.6 Å². The number of fused-ring (bicyclic) bond motifs is 1. The largest absolute Gasteiger partial charge is 0.490 e. The number of carbonyl (C=O) groups is 2. The van der Waals surface area contributed by atoms with Gasteiger partial charge in [-0.2, -0.15) is 13.2 Å². The number of alkyl halides is 3. The van der Waals surface area contributed by atoms with E-state index >= 15 is 0 Å². The number of hydrogen-bond donors (Lipinski definition) is 3. The Balaban J connectivity index is 0.000000505. The van der Waals surface area contributed by atoms with Crippen LogP contribution in [0.3, 0.4) is 0 Å². The molecule has 1 saturated heterocycles. The number of hydrogen-bond acceptors (Lipinski definition) is 4. The van der Waals surface area contributed by atoms with E-state index in [1.165, 1.54) is 12.1 Å². The molecule has 1 amide bonds. The molecule has 1 atom stereocenters. The molecule has 1 fully saturated rings. The van der Waals surface area contributed by atoms with Crippen molar-refractivity contribution in [3.8, 4) is 0 Å². The number of aromatic nitrogens is 2. The summed E-state index contributed by atoms with van der Waals surface area (Å²) in [4.78, 5) is 38.3. The van der Waals surface area contributed by atoms with Crippen LogP contribution in [0.15, 0.2) is 41.2 Å². The molecule has 38 heavy (non-hydrogen) atoms. The number of likely N-dealkylation sites (tertiary alicyclic amines) is 1. The maximum atomic E-state index is 14.0. The summed E-state index contributed by atoms with van der Waals surface area (Å²) in [5, 5.41) is 9.92. The molecule has 2 heterocycles. The van der Waals surface area contributed by atoms with Crippen LogP contribution >= 0.6 is 0 Å². The lowest BCUT2D eigenvalue weighted by Crippen LogP contribution is -2.45. The van der Waals surface area contributed by atoms with Crippen LogP contribution in [0, 0.1) is 17.5 Å². The van der Waals surface area contributed by atoms with Crippen molar-refractivity contribution in [2.45, 2.75) is 38.0 Å². The highest BCUT2D eigenvalue weighted by Crippen LogP contribution is 2.25. The van der Waals surface area contributed by atoms with E-state index in [2.05, 4.69) is 15.2 Å². The van der Waals surface area contributed by atoms with Crippen LogP contribution in [0.1, 0.15) is 36.2 Å². The van der Waals surface area contributed by atoms with Gasteiger partial charge < -0.3 is 20.3 Å². The smallest absolute Gasteiger partial charge is 0.475 e. The Labute approximate surface area is 211 Å². The van der Waals surface area contributed by atoms with E-state index < -0.39 is 35.5 Å². The molecule has 3 aromatic rings. The number of piperidine rings is 1. The summed E-state index contributed by atoms with van der Waals surface area (Å²) in [6, 6.07) is 7.46. The van der Waals surface area contributed by atoms with Gasteiger partial charge in [0.25, 0.3) is 5.91 Å². The predicted molar refractivity (Wildman–Crippen MR) is 124 cm³/mol. The first-order chi connectivity index (χ1) is 17.8. The maximum absolute atomic E-state index is 14.0. The van der Waals surface area contributed by atoms with Crippen LogP contribution in [0.4, 0.5) is 26.3 Å². The number of nitrogens with one attached hydrogen (secondary N) is 2. The second kappa shape index (κ2) is 11.7. The van der Waals surface area contributed by atoms with Crippen LogP contribution in [0.25, 0.3) is 11.0 Å². The molecule has 0 saturated carbocycles. The summed E-state index contributed by atoms with van der Waals surface area (Å²) in [5.41, 5.74) is 0.542. The van der Waals surface area contributed by atoms with Crippen LogP contribution in [-0.4, -0.2) is 63.3 Å². The topological polar surface area (TPSA) is 107 Å². The average Bonchev–Trinajstić information content (AvgIpc) is 3.18. The predicted octanol–water partition coefficient (Wildman–Crippen LogP) is 3.84. The zero-order valence-electron chi connectivity index (χ0n) is 20.0. The molecular weight excluding hydrogens is 522 g/mol. The molecule has 3 N–H and O–H groups in total. The van der Waals surface area contributed by atoms with E-state index in [0.717, 1.165) is 12.1 Å². The Kier molecular flexibility index (Phi) is 8.86. The molecule has 0 aliphatic carbocycles. The number of carbonyl (C=O) groups excluding carboxylic acids is 1. The van der Waals surface area contributed by atoms with Crippen molar-refractivity contribution in [1.29, 1.82) is 0 Å². The average molecular weight is 546 g/mol. The highest BCUT2D eigenvalue weighted by atomic mass is 19.4. The van der Waals surface area contributed by atoms with Gasteiger partial charge in [-0.25, -0.2) is 22.8 Å². The van der Waals surface area contributed by atoms with Gasteiger partial charge in [0.1, 0.15) is 11.3 Å². The van der Waals surface area contributed by atoms with Crippen LogP contribution in [0.2, 0.25) is 0 Å². The molecule has 1 aliphatic heterocycles. The Bertz CT molecular complexity index is 1360. The number of benzene rings is 2. The Hall–Kier alpha value is -3.81. The molecule has 0 unspecified atom stereocenters. The highest BCUT2D eigenvalue weighted by Gasteiger charge is 2.38. The Morgan fingerprint density at radius 3 is 2.29 bits per heavy atom. The van der Waals surface area contributed by atoms with Crippen LogP contribution in [0.5, 0.6) is 0 Å². The van der Waals surface area contributed by atoms with E-state index in [0.29, 0.717) is 38.0 Å². The van der Waals surface area contributed by atoms with Gasteiger partial charge in [0.15, 0.2) is 11.6 Å². The number of carboxylic acid groups (broad SMARTS) is 1. The lowest BCUT2D eigenvalue weighted by Gasteiger charge is -2.34. The molecule has 1 aliphatic rings. The van der Waals surface area contributed by atoms with Crippen molar-refractivity contribution in [1.82, 2.24) is 19.8 Å². The molecule has 2 aromatic carbocycles. The Morgan fingerprint density at radius 2 is 1.71 bits per heavy atom. The first-order valence-electron chi connectivity index (χ1n) is 11.4. The standard InChI is InChI=1S/C22H23F3N4O2.C2HF3O2/c1-13(26-21(30)14-5-6-16(23)18(25)11-14)12-28-9-7-15(8-10-28)29-19-4-2-3-17(24)20(19)27-22(29)31;3-2(4,5)1(6)7/h2-6,11,13,15H,7-10,12H2,1H3,(H,26,30)(H,27,31);(H,6,7)/t13-;/m0./s1. The van der Waals surface area contributed by atoms with Crippen LogP contribution in [-0.2, 0) is 4.79 Å². The van der Waals surface area contributed by atoms with Gasteiger partial charge in [0.2, 0.25) is 0 Å². The van der Waals surface area contributed by atoms with E-state index in [1.54, 1.807) is 16.7 Å². The Morgan fingerprint density at radius 1 is 1.08 bits per heavy atom. The third-order valence-electron chi connectivity index (χ3n) is 5.96. The van der Waals surface area contributed by atoms with Crippen molar-refractivity contribution >= 4 is 22.9 Å². The van der Waals surface area contributed by atoms with E-state index in [9.17, 15) is 35.9 Å². The van der Waals surface area contributed by atoms with Crippen molar-refractivity contribution < 1.29 is 41.0 Å². The summed E-state index contributed by atoms with van der Waals surface area (Å²) in [7, 11) is 0.